The molecule has 2 nitrogen and oxygen atoms in total. The fourth-order valence-electron chi connectivity index (χ4n) is 2.13. The van der Waals surface area contributed by atoms with Gasteiger partial charge in [0.25, 0.3) is 0 Å². The van der Waals surface area contributed by atoms with Crippen molar-refractivity contribution < 1.29 is 4.74 Å². The summed E-state index contributed by atoms with van der Waals surface area (Å²) in [5.74, 6) is 0.992. The molecule has 2 heteroatoms. The van der Waals surface area contributed by atoms with Crippen molar-refractivity contribution in [1.82, 2.24) is 0 Å². The molecule has 0 atom stereocenters. The summed E-state index contributed by atoms with van der Waals surface area (Å²) in [4.78, 5) is 0. The highest BCUT2D eigenvalue weighted by atomic mass is 16.5. The summed E-state index contributed by atoms with van der Waals surface area (Å²) in [6.07, 6.45) is 2.55. The molecule has 0 unspecified atom stereocenters. The summed E-state index contributed by atoms with van der Waals surface area (Å²) < 4.78 is 5.63. The summed E-state index contributed by atoms with van der Waals surface area (Å²) >= 11 is 0. The first-order valence-electron chi connectivity index (χ1n) is 6.21. The van der Waals surface area contributed by atoms with Crippen LogP contribution in [0.4, 0.5) is 0 Å². The molecule has 0 bridgehead atoms. The maximum atomic E-state index is 8.58. The van der Waals surface area contributed by atoms with Crippen LogP contribution >= 0.6 is 0 Å². The van der Waals surface area contributed by atoms with Crippen molar-refractivity contribution in [3.8, 4) is 11.8 Å². The van der Waals surface area contributed by atoms with Gasteiger partial charge in [-0.25, -0.2) is 0 Å². The number of nitriles is 1. The van der Waals surface area contributed by atoms with E-state index in [0.717, 1.165) is 18.6 Å². The molecule has 0 aliphatic rings. The van der Waals surface area contributed by atoms with E-state index < -0.39 is 0 Å². The summed E-state index contributed by atoms with van der Waals surface area (Å²) in [7, 11) is 0. The lowest BCUT2D eigenvalue weighted by Gasteiger charge is -2.16. The predicted molar refractivity (Wildman–Crippen MR) is 70.4 cm³/mol. The fraction of sp³-hybridized carbons (Fsp3) is 0.533. The van der Waals surface area contributed by atoms with Crippen LogP contribution in [0, 0.1) is 32.1 Å². The molecule has 0 amide bonds. The number of aryl methyl sites for hydroxylation is 1. The zero-order valence-electron chi connectivity index (χ0n) is 11.3. The van der Waals surface area contributed by atoms with Gasteiger partial charge in [0.05, 0.1) is 12.7 Å². The lowest BCUT2D eigenvalue weighted by Crippen LogP contribution is -2.02. The SMILES string of the molecule is CCOc1cc(C)c(CCCC#N)c(C)c1C. The van der Waals surface area contributed by atoms with E-state index in [-0.39, 0.29) is 0 Å². The second-order valence-electron chi connectivity index (χ2n) is 4.36. The molecule has 0 saturated carbocycles. The number of ether oxygens (including phenoxy) is 1. The van der Waals surface area contributed by atoms with Crippen LogP contribution in [0.25, 0.3) is 0 Å². The van der Waals surface area contributed by atoms with E-state index in [0.29, 0.717) is 13.0 Å². The summed E-state index contributed by atoms with van der Waals surface area (Å²) in [5.41, 5.74) is 5.19. The molecule has 17 heavy (non-hydrogen) atoms. The van der Waals surface area contributed by atoms with Gasteiger partial charge in [-0.3, -0.25) is 0 Å². The predicted octanol–water partition coefficient (Wildman–Crippen LogP) is 3.86. The van der Waals surface area contributed by atoms with Gasteiger partial charge in [0.15, 0.2) is 0 Å². The Balaban J connectivity index is 2.99. The van der Waals surface area contributed by atoms with Crippen molar-refractivity contribution in [2.24, 2.45) is 0 Å². The topological polar surface area (TPSA) is 33.0 Å². The molecule has 0 spiro atoms. The zero-order chi connectivity index (χ0) is 12.8. The van der Waals surface area contributed by atoms with Crippen molar-refractivity contribution in [3.63, 3.8) is 0 Å². The Morgan fingerprint density at radius 1 is 1.24 bits per heavy atom. The molecule has 0 fully saturated rings. The van der Waals surface area contributed by atoms with Crippen LogP contribution < -0.4 is 4.74 Å². The monoisotopic (exact) mass is 231 g/mol. The number of rotatable bonds is 5. The van der Waals surface area contributed by atoms with Gasteiger partial charge in [0, 0.05) is 6.42 Å². The molecule has 0 heterocycles. The smallest absolute Gasteiger partial charge is 0.122 e. The first-order chi connectivity index (χ1) is 8.11. The molecule has 0 aliphatic heterocycles. The minimum Gasteiger partial charge on any atom is -0.494 e. The normalized spacial score (nSPS) is 10.1. The minimum absolute atomic E-state index is 0.630. The van der Waals surface area contributed by atoms with Crippen molar-refractivity contribution in [3.05, 3.63) is 28.3 Å². The van der Waals surface area contributed by atoms with Gasteiger partial charge in [-0.05, 0) is 68.9 Å². The number of unbranched alkanes of at least 4 members (excludes halogenated alkanes) is 1. The molecular formula is C15H21NO. The van der Waals surface area contributed by atoms with Crippen molar-refractivity contribution in [1.29, 1.82) is 5.26 Å². The molecule has 1 aromatic carbocycles. The lowest BCUT2D eigenvalue weighted by atomic mass is 9.94. The van der Waals surface area contributed by atoms with Crippen LogP contribution in [-0.4, -0.2) is 6.61 Å². The lowest BCUT2D eigenvalue weighted by molar-refractivity contribution is 0.337. The van der Waals surface area contributed by atoms with Crippen LogP contribution in [0.2, 0.25) is 0 Å². The van der Waals surface area contributed by atoms with E-state index in [2.05, 4.69) is 32.9 Å². The molecule has 1 aromatic rings. The van der Waals surface area contributed by atoms with Crippen LogP contribution in [-0.2, 0) is 6.42 Å². The summed E-state index contributed by atoms with van der Waals surface area (Å²) in [6.45, 7) is 9.08. The average Bonchev–Trinajstić information content (AvgIpc) is 2.30. The Kier molecular flexibility index (Phi) is 5.03. The number of nitrogens with zero attached hydrogens (tertiary/aromatic N) is 1. The van der Waals surface area contributed by atoms with Crippen molar-refractivity contribution >= 4 is 0 Å². The first-order valence-corrected chi connectivity index (χ1v) is 6.21. The van der Waals surface area contributed by atoms with Gasteiger partial charge >= 0.3 is 0 Å². The number of hydrogen-bond acceptors (Lipinski definition) is 2. The second kappa shape index (κ2) is 6.30. The van der Waals surface area contributed by atoms with Crippen LogP contribution in [0.15, 0.2) is 6.07 Å². The highest BCUT2D eigenvalue weighted by molar-refractivity contribution is 5.48. The molecule has 1 rings (SSSR count). The third-order valence-corrected chi connectivity index (χ3v) is 3.22. The van der Waals surface area contributed by atoms with Gasteiger partial charge in [-0.2, -0.15) is 5.26 Å². The minimum atomic E-state index is 0.630. The quantitative estimate of drug-likeness (QED) is 0.721. The maximum absolute atomic E-state index is 8.58. The Labute approximate surface area is 104 Å². The average molecular weight is 231 g/mol. The number of hydrogen-bond donors (Lipinski definition) is 0. The molecule has 0 radical (unpaired) electrons. The van der Waals surface area contributed by atoms with E-state index in [1.165, 1.54) is 22.3 Å². The van der Waals surface area contributed by atoms with Crippen LogP contribution in [0.5, 0.6) is 5.75 Å². The van der Waals surface area contributed by atoms with E-state index >= 15 is 0 Å². The standard InChI is InChI=1S/C15H21NO/c1-5-17-15-10-11(2)14(8-6-7-9-16)12(3)13(15)4/h10H,5-8H2,1-4H3. The molecule has 92 valence electrons. The fourth-order valence-corrected chi connectivity index (χ4v) is 2.13. The van der Waals surface area contributed by atoms with Gasteiger partial charge < -0.3 is 4.74 Å². The number of benzene rings is 1. The summed E-state index contributed by atoms with van der Waals surface area (Å²) in [6, 6.07) is 4.32. The molecular weight excluding hydrogens is 210 g/mol. The Hall–Kier alpha value is -1.49. The highest BCUT2D eigenvalue weighted by Crippen LogP contribution is 2.28. The molecule has 0 aliphatic carbocycles. The largest absolute Gasteiger partial charge is 0.494 e. The van der Waals surface area contributed by atoms with Gasteiger partial charge in [-0.1, -0.05) is 0 Å². The van der Waals surface area contributed by atoms with E-state index in [1.54, 1.807) is 0 Å². The summed E-state index contributed by atoms with van der Waals surface area (Å²) in [5, 5.41) is 8.58. The zero-order valence-corrected chi connectivity index (χ0v) is 11.3. The Morgan fingerprint density at radius 3 is 2.53 bits per heavy atom. The molecule has 0 N–H and O–H groups in total. The molecule has 0 aromatic heterocycles. The Bertz CT molecular complexity index is 430. The van der Waals surface area contributed by atoms with Crippen LogP contribution in [0.1, 0.15) is 42.0 Å². The van der Waals surface area contributed by atoms with Crippen molar-refractivity contribution in [2.45, 2.75) is 47.0 Å². The van der Waals surface area contributed by atoms with E-state index in [1.807, 2.05) is 6.92 Å². The molecule has 0 saturated heterocycles. The van der Waals surface area contributed by atoms with Gasteiger partial charge in [-0.15, -0.1) is 0 Å². The van der Waals surface area contributed by atoms with Crippen molar-refractivity contribution in [2.75, 3.05) is 6.61 Å². The van der Waals surface area contributed by atoms with Crippen LogP contribution in [0.3, 0.4) is 0 Å². The van der Waals surface area contributed by atoms with E-state index in [4.69, 9.17) is 10.00 Å². The first kappa shape index (κ1) is 13.6. The van der Waals surface area contributed by atoms with Gasteiger partial charge in [0.1, 0.15) is 5.75 Å². The third-order valence-electron chi connectivity index (χ3n) is 3.22. The Morgan fingerprint density at radius 2 is 1.94 bits per heavy atom. The second-order valence-corrected chi connectivity index (χ2v) is 4.36. The van der Waals surface area contributed by atoms with Gasteiger partial charge in [0.2, 0.25) is 0 Å². The highest BCUT2D eigenvalue weighted by Gasteiger charge is 2.10. The van der Waals surface area contributed by atoms with E-state index in [9.17, 15) is 0 Å². The maximum Gasteiger partial charge on any atom is 0.122 e. The third kappa shape index (κ3) is 3.23.